The summed E-state index contributed by atoms with van der Waals surface area (Å²) in [6.07, 6.45) is 0. The predicted molar refractivity (Wildman–Crippen MR) is 74.1 cm³/mol. The molecule has 0 spiro atoms. The molecule has 14 heavy (non-hydrogen) atoms. The van der Waals surface area contributed by atoms with Crippen LogP contribution in [0.3, 0.4) is 0 Å². The van der Waals surface area contributed by atoms with E-state index in [2.05, 4.69) is 27.7 Å². The fourth-order valence-electron chi connectivity index (χ4n) is 0.995. The van der Waals surface area contributed by atoms with Gasteiger partial charge in [-0.1, -0.05) is 58.2 Å². The molecule has 0 aromatic carbocycles. The Balaban J connectivity index is 2.15. The fourth-order valence-corrected chi connectivity index (χ4v) is 7.12. The van der Waals surface area contributed by atoms with Crippen LogP contribution in [0.5, 0.6) is 0 Å². The second-order valence-corrected chi connectivity index (χ2v) is 8.67. The molecule has 0 atom stereocenters. The first-order chi connectivity index (χ1) is 6.58. The summed E-state index contributed by atoms with van der Waals surface area (Å²) in [7, 11) is 0. The van der Waals surface area contributed by atoms with Crippen LogP contribution in [0.1, 0.15) is 27.7 Å². The van der Waals surface area contributed by atoms with Crippen LogP contribution in [0.2, 0.25) is 0 Å². The zero-order valence-electron chi connectivity index (χ0n) is 8.63. The van der Waals surface area contributed by atoms with Crippen molar-refractivity contribution in [2.45, 2.75) is 27.7 Å². The summed E-state index contributed by atoms with van der Waals surface area (Å²) in [6, 6.07) is 0. The highest BCUT2D eigenvalue weighted by Gasteiger charge is 2.30. The van der Waals surface area contributed by atoms with Crippen LogP contribution >= 0.6 is 47.0 Å². The molecular weight excluding hydrogens is 248 g/mol. The second-order valence-electron chi connectivity index (χ2n) is 3.56. The molecule has 4 heteroatoms. The third kappa shape index (κ3) is 2.08. The zero-order valence-corrected chi connectivity index (χ0v) is 11.9. The van der Waals surface area contributed by atoms with E-state index in [1.54, 1.807) is 0 Å². The topological polar surface area (TPSA) is 0 Å². The quantitative estimate of drug-likeness (QED) is 0.557. The Labute approximate surface area is 102 Å². The van der Waals surface area contributed by atoms with Crippen molar-refractivity contribution < 1.29 is 0 Å². The molecule has 0 aromatic heterocycles. The third-order valence-corrected chi connectivity index (χ3v) is 8.17. The van der Waals surface area contributed by atoms with Crippen LogP contribution in [0.25, 0.3) is 0 Å². The first-order valence-corrected chi connectivity index (χ1v) is 7.65. The van der Waals surface area contributed by atoms with E-state index in [1.807, 2.05) is 47.0 Å². The van der Waals surface area contributed by atoms with Crippen LogP contribution in [0, 0.1) is 0 Å². The molecular formula is C10H12S4. The number of thioether (sulfide) groups is 4. The monoisotopic (exact) mass is 260 g/mol. The Bertz CT molecular complexity index is 310. The van der Waals surface area contributed by atoms with Crippen molar-refractivity contribution in [3.8, 4) is 0 Å². The lowest BCUT2D eigenvalue weighted by Crippen LogP contribution is -1.72. The van der Waals surface area contributed by atoms with Gasteiger partial charge in [-0.15, -0.1) is 0 Å². The molecule has 0 fully saturated rings. The van der Waals surface area contributed by atoms with Crippen molar-refractivity contribution >= 4 is 47.0 Å². The number of rotatable bonds is 0. The molecule has 0 saturated carbocycles. The van der Waals surface area contributed by atoms with E-state index >= 15 is 0 Å². The molecule has 0 radical (unpaired) electrons. The van der Waals surface area contributed by atoms with Crippen molar-refractivity contribution in [1.29, 1.82) is 0 Å². The van der Waals surface area contributed by atoms with Crippen molar-refractivity contribution in [3.63, 3.8) is 0 Å². The average molecular weight is 260 g/mol. The molecule has 2 rings (SSSR count). The summed E-state index contributed by atoms with van der Waals surface area (Å²) in [4.78, 5) is 0. The van der Waals surface area contributed by atoms with E-state index in [-0.39, 0.29) is 0 Å². The van der Waals surface area contributed by atoms with Gasteiger partial charge in [0.15, 0.2) is 0 Å². The summed E-state index contributed by atoms with van der Waals surface area (Å²) in [5.41, 5.74) is 2.88. The van der Waals surface area contributed by atoms with Gasteiger partial charge in [-0.2, -0.15) is 0 Å². The van der Waals surface area contributed by atoms with Gasteiger partial charge in [-0.3, -0.25) is 0 Å². The normalized spacial score (nSPS) is 20.6. The second kappa shape index (κ2) is 4.24. The minimum absolute atomic E-state index is 1.44. The van der Waals surface area contributed by atoms with E-state index in [1.165, 1.54) is 28.1 Å². The fraction of sp³-hybridized carbons (Fsp3) is 0.400. The Kier molecular flexibility index (Phi) is 3.37. The molecule has 2 aliphatic rings. The van der Waals surface area contributed by atoms with Crippen LogP contribution in [-0.4, -0.2) is 0 Å². The molecule has 2 heterocycles. The Morgan fingerprint density at radius 1 is 0.643 bits per heavy atom. The maximum atomic E-state index is 2.19. The van der Waals surface area contributed by atoms with E-state index in [4.69, 9.17) is 0 Å². The summed E-state index contributed by atoms with van der Waals surface area (Å²) in [6.45, 7) is 8.76. The molecule has 0 bridgehead atoms. The Morgan fingerprint density at radius 2 is 0.929 bits per heavy atom. The van der Waals surface area contributed by atoms with Crippen molar-refractivity contribution in [2.24, 2.45) is 0 Å². The number of hydrogen-bond acceptors (Lipinski definition) is 4. The van der Waals surface area contributed by atoms with Gasteiger partial charge in [0, 0.05) is 8.47 Å². The largest absolute Gasteiger partial charge is 0.0736 e. The maximum Gasteiger partial charge on any atom is 0.0716 e. The molecule has 0 N–H and O–H groups in total. The van der Waals surface area contributed by atoms with Gasteiger partial charge in [0.1, 0.15) is 0 Å². The average Bonchev–Trinajstić information content (AvgIpc) is 2.57. The van der Waals surface area contributed by atoms with Crippen LogP contribution in [0.4, 0.5) is 0 Å². The molecule has 0 amide bonds. The highest BCUT2D eigenvalue weighted by atomic mass is 32.3. The lowest BCUT2D eigenvalue weighted by atomic mass is 10.4. The minimum atomic E-state index is 1.44. The highest BCUT2D eigenvalue weighted by Crippen LogP contribution is 2.67. The minimum Gasteiger partial charge on any atom is -0.0736 e. The SMILES string of the molecule is CC(C)=C1SC2=C(S1)SC(=C(C)C)S2. The van der Waals surface area contributed by atoms with E-state index in [0.717, 1.165) is 0 Å². The molecule has 0 aliphatic carbocycles. The first kappa shape index (κ1) is 11.1. The van der Waals surface area contributed by atoms with Crippen molar-refractivity contribution in [2.75, 3.05) is 0 Å². The van der Waals surface area contributed by atoms with Crippen LogP contribution in [0.15, 0.2) is 28.1 Å². The van der Waals surface area contributed by atoms with Gasteiger partial charge in [-0.05, 0) is 27.7 Å². The lowest BCUT2D eigenvalue weighted by molar-refractivity contribution is 1.41. The van der Waals surface area contributed by atoms with Crippen LogP contribution in [-0.2, 0) is 0 Å². The van der Waals surface area contributed by atoms with Crippen molar-refractivity contribution in [3.05, 3.63) is 28.1 Å². The number of hydrogen-bond donors (Lipinski definition) is 0. The third-order valence-electron chi connectivity index (χ3n) is 1.72. The molecule has 0 aromatic rings. The molecule has 0 unspecified atom stereocenters. The standard InChI is InChI=1S/C10H12S4/c1-5(2)7-11-9-10(12-7)14-8(13-9)6(3)4/h1-4H3. The summed E-state index contributed by atoms with van der Waals surface area (Å²) < 4.78 is 5.94. The van der Waals surface area contributed by atoms with Gasteiger partial charge < -0.3 is 0 Å². The van der Waals surface area contributed by atoms with E-state index in [0.29, 0.717) is 0 Å². The van der Waals surface area contributed by atoms with Gasteiger partial charge in [0.05, 0.1) is 8.47 Å². The predicted octanol–water partition coefficient (Wildman–Crippen LogP) is 5.58. The summed E-state index contributed by atoms with van der Waals surface area (Å²) >= 11 is 7.76. The lowest BCUT2D eigenvalue weighted by Gasteiger charge is -2.04. The van der Waals surface area contributed by atoms with Crippen molar-refractivity contribution in [1.82, 2.24) is 0 Å². The molecule has 76 valence electrons. The van der Waals surface area contributed by atoms with E-state index < -0.39 is 0 Å². The van der Waals surface area contributed by atoms with Gasteiger partial charge in [0.25, 0.3) is 0 Å². The van der Waals surface area contributed by atoms with Gasteiger partial charge in [-0.25, -0.2) is 0 Å². The molecule has 2 aliphatic heterocycles. The van der Waals surface area contributed by atoms with E-state index in [9.17, 15) is 0 Å². The summed E-state index contributed by atoms with van der Waals surface area (Å²) in [5, 5.41) is 0. The van der Waals surface area contributed by atoms with Gasteiger partial charge >= 0.3 is 0 Å². The number of allylic oxidation sites excluding steroid dienone is 2. The highest BCUT2D eigenvalue weighted by molar-refractivity contribution is 8.48. The Morgan fingerprint density at radius 3 is 1.14 bits per heavy atom. The molecule has 0 saturated heterocycles. The molecule has 0 nitrogen and oxygen atoms in total. The smallest absolute Gasteiger partial charge is 0.0716 e. The van der Waals surface area contributed by atoms with Crippen LogP contribution < -0.4 is 0 Å². The zero-order chi connectivity index (χ0) is 10.3. The Hall–Kier alpha value is 0.620. The summed E-state index contributed by atoms with van der Waals surface area (Å²) in [5.74, 6) is 0. The maximum absolute atomic E-state index is 2.19. The van der Waals surface area contributed by atoms with Gasteiger partial charge in [0.2, 0.25) is 0 Å². The first-order valence-electron chi connectivity index (χ1n) is 4.38.